The Labute approximate surface area is 91.2 Å². The van der Waals surface area contributed by atoms with Crippen molar-refractivity contribution in [1.82, 2.24) is 0 Å². The quantitative estimate of drug-likeness (QED) is 0.548. The Morgan fingerprint density at radius 3 is 2.73 bits per heavy atom. The molecule has 15 heavy (non-hydrogen) atoms. The first kappa shape index (κ1) is 12.0. The molecule has 2 nitrogen and oxygen atoms in total. The highest BCUT2D eigenvalue weighted by atomic mass is 16.5. The normalized spacial score (nSPS) is 12.3. The lowest BCUT2D eigenvalue weighted by Gasteiger charge is -2.08. The molecule has 1 atom stereocenters. The van der Waals surface area contributed by atoms with Crippen molar-refractivity contribution in [2.24, 2.45) is 0 Å². The van der Waals surface area contributed by atoms with Crippen LogP contribution in [0.5, 0.6) is 0 Å². The molecule has 0 fully saturated rings. The van der Waals surface area contributed by atoms with Crippen LogP contribution >= 0.6 is 0 Å². The summed E-state index contributed by atoms with van der Waals surface area (Å²) < 4.78 is 5.44. The summed E-state index contributed by atoms with van der Waals surface area (Å²) in [5.41, 5.74) is 1.16. The summed E-state index contributed by atoms with van der Waals surface area (Å²) in [4.78, 5) is 0. The molecule has 0 spiro atoms. The Bertz CT molecular complexity index is 269. The second-order valence-corrected chi connectivity index (χ2v) is 3.51. The van der Waals surface area contributed by atoms with E-state index in [4.69, 9.17) is 4.74 Å². The number of hydrogen-bond donors (Lipinski definition) is 1. The van der Waals surface area contributed by atoms with E-state index in [0.29, 0.717) is 26.1 Å². The minimum Gasteiger partial charge on any atom is -0.393 e. The maximum Gasteiger partial charge on any atom is 0.0716 e. The van der Waals surface area contributed by atoms with Crippen LogP contribution in [0.15, 0.2) is 43.0 Å². The zero-order valence-electron chi connectivity index (χ0n) is 8.93. The molecule has 1 aromatic carbocycles. The fourth-order valence-electron chi connectivity index (χ4n) is 1.29. The summed E-state index contributed by atoms with van der Waals surface area (Å²) in [7, 11) is 0. The van der Waals surface area contributed by atoms with Gasteiger partial charge in [0.05, 0.1) is 12.7 Å². The van der Waals surface area contributed by atoms with Crippen LogP contribution < -0.4 is 0 Å². The van der Waals surface area contributed by atoms with Crippen LogP contribution in [0.2, 0.25) is 0 Å². The zero-order chi connectivity index (χ0) is 10.9. The molecule has 1 rings (SSSR count). The Morgan fingerprint density at radius 1 is 1.33 bits per heavy atom. The molecule has 2 heteroatoms. The summed E-state index contributed by atoms with van der Waals surface area (Å²) in [6.07, 6.45) is 2.70. The fraction of sp³-hybridized carbons (Fsp3) is 0.385. The predicted molar refractivity (Wildman–Crippen MR) is 61.5 cm³/mol. The van der Waals surface area contributed by atoms with Gasteiger partial charge in [-0.1, -0.05) is 36.4 Å². The van der Waals surface area contributed by atoms with Gasteiger partial charge in [0, 0.05) is 6.61 Å². The van der Waals surface area contributed by atoms with Crippen molar-refractivity contribution < 1.29 is 9.84 Å². The van der Waals surface area contributed by atoms with Crippen LogP contribution in [0.3, 0.4) is 0 Å². The number of benzene rings is 1. The summed E-state index contributed by atoms with van der Waals surface area (Å²) in [5.74, 6) is 0. The van der Waals surface area contributed by atoms with Crippen LogP contribution in [0, 0.1) is 0 Å². The molecule has 0 aromatic heterocycles. The van der Waals surface area contributed by atoms with Gasteiger partial charge in [0.15, 0.2) is 0 Å². The molecule has 1 N–H and O–H groups in total. The van der Waals surface area contributed by atoms with E-state index in [1.54, 1.807) is 6.08 Å². The van der Waals surface area contributed by atoms with Gasteiger partial charge in [0.1, 0.15) is 0 Å². The van der Waals surface area contributed by atoms with Gasteiger partial charge in [0.25, 0.3) is 0 Å². The van der Waals surface area contributed by atoms with E-state index in [2.05, 4.69) is 6.58 Å². The maximum absolute atomic E-state index is 9.40. The van der Waals surface area contributed by atoms with Crippen molar-refractivity contribution >= 4 is 0 Å². The fourth-order valence-corrected chi connectivity index (χ4v) is 1.29. The molecule has 0 aliphatic heterocycles. The SMILES string of the molecule is C=CCC(O)CCOCc1ccccc1. The Balaban J connectivity index is 2.09. The lowest BCUT2D eigenvalue weighted by atomic mass is 10.2. The molecule has 0 amide bonds. The molecule has 1 aromatic rings. The third kappa shape index (κ3) is 5.35. The molecular weight excluding hydrogens is 188 g/mol. The van der Waals surface area contributed by atoms with Gasteiger partial charge < -0.3 is 9.84 Å². The summed E-state index contributed by atoms with van der Waals surface area (Å²) in [6, 6.07) is 10.0. The van der Waals surface area contributed by atoms with Crippen molar-refractivity contribution in [1.29, 1.82) is 0 Å². The average molecular weight is 206 g/mol. The van der Waals surface area contributed by atoms with Crippen LogP contribution in [0.1, 0.15) is 18.4 Å². The van der Waals surface area contributed by atoms with Crippen molar-refractivity contribution in [2.75, 3.05) is 6.61 Å². The smallest absolute Gasteiger partial charge is 0.0716 e. The third-order valence-electron chi connectivity index (χ3n) is 2.15. The summed E-state index contributed by atoms with van der Waals surface area (Å²) >= 11 is 0. The van der Waals surface area contributed by atoms with E-state index >= 15 is 0 Å². The first-order valence-corrected chi connectivity index (χ1v) is 5.23. The van der Waals surface area contributed by atoms with Gasteiger partial charge in [-0.15, -0.1) is 6.58 Å². The monoisotopic (exact) mass is 206 g/mol. The third-order valence-corrected chi connectivity index (χ3v) is 2.15. The topological polar surface area (TPSA) is 29.5 Å². The van der Waals surface area contributed by atoms with E-state index in [-0.39, 0.29) is 6.10 Å². The van der Waals surface area contributed by atoms with Crippen molar-refractivity contribution in [3.63, 3.8) is 0 Å². The molecule has 1 unspecified atom stereocenters. The van der Waals surface area contributed by atoms with Gasteiger partial charge in [-0.2, -0.15) is 0 Å². The van der Waals surface area contributed by atoms with Gasteiger partial charge in [0.2, 0.25) is 0 Å². The molecule has 0 heterocycles. The minimum absolute atomic E-state index is 0.321. The Kier molecular flexibility index (Phi) is 5.74. The predicted octanol–water partition coefficient (Wildman–Crippen LogP) is 2.53. The molecule has 82 valence electrons. The second-order valence-electron chi connectivity index (χ2n) is 3.51. The summed E-state index contributed by atoms with van der Waals surface area (Å²) in [6.45, 7) is 4.78. The largest absolute Gasteiger partial charge is 0.393 e. The second kappa shape index (κ2) is 7.21. The minimum atomic E-state index is -0.321. The molecule has 0 aliphatic rings. The molecule has 0 bridgehead atoms. The number of rotatable bonds is 7. The van der Waals surface area contributed by atoms with Gasteiger partial charge in [-0.25, -0.2) is 0 Å². The van der Waals surface area contributed by atoms with Crippen molar-refractivity contribution in [2.45, 2.75) is 25.6 Å². The average Bonchev–Trinajstić information content (AvgIpc) is 2.26. The van der Waals surface area contributed by atoms with Crippen LogP contribution in [0.4, 0.5) is 0 Å². The van der Waals surface area contributed by atoms with Crippen LogP contribution in [-0.4, -0.2) is 17.8 Å². The van der Waals surface area contributed by atoms with Crippen molar-refractivity contribution in [3.8, 4) is 0 Å². The molecule has 0 aliphatic carbocycles. The maximum atomic E-state index is 9.40. The number of hydrogen-bond acceptors (Lipinski definition) is 2. The van der Waals surface area contributed by atoms with Gasteiger partial charge >= 0.3 is 0 Å². The van der Waals surface area contributed by atoms with E-state index in [1.165, 1.54) is 0 Å². The van der Waals surface area contributed by atoms with Crippen LogP contribution in [0.25, 0.3) is 0 Å². The first-order valence-electron chi connectivity index (χ1n) is 5.23. The highest BCUT2D eigenvalue weighted by molar-refractivity contribution is 5.13. The molecule has 0 saturated heterocycles. The number of aliphatic hydroxyl groups is 1. The zero-order valence-corrected chi connectivity index (χ0v) is 8.93. The highest BCUT2D eigenvalue weighted by Gasteiger charge is 2.00. The molecular formula is C13H18O2. The first-order chi connectivity index (χ1) is 7.33. The van der Waals surface area contributed by atoms with Gasteiger partial charge in [-0.05, 0) is 18.4 Å². The Hall–Kier alpha value is -1.12. The highest BCUT2D eigenvalue weighted by Crippen LogP contribution is 2.03. The summed E-state index contributed by atoms with van der Waals surface area (Å²) in [5, 5.41) is 9.40. The number of ether oxygens (including phenoxy) is 1. The lowest BCUT2D eigenvalue weighted by molar-refractivity contribution is 0.0746. The van der Waals surface area contributed by atoms with E-state index in [1.807, 2.05) is 30.3 Å². The van der Waals surface area contributed by atoms with E-state index in [0.717, 1.165) is 5.56 Å². The van der Waals surface area contributed by atoms with E-state index < -0.39 is 0 Å². The van der Waals surface area contributed by atoms with Gasteiger partial charge in [-0.3, -0.25) is 0 Å². The molecule has 0 radical (unpaired) electrons. The lowest BCUT2D eigenvalue weighted by Crippen LogP contribution is -2.09. The van der Waals surface area contributed by atoms with Crippen molar-refractivity contribution in [3.05, 3.63) is 48.6 Å². The van der Waals surface area contributed by atoms with Crippen LogP contribution in [-0.2, 0) is 11.3 Å². The standard InChI is InChI=1S/C13H18O2/c1-2-6-13(14)9-10-15-11-12-7-4-3-5-8-12/h2-5,7-8,13-14H,1,6,9-11H2. The Morgan fingerprint density at radius 2 is 2.07 bits per heavy atom. The van der Waals surface area contributed by atoms with E-state index in [9.17, 15) is 5.11 Å². The number of aliphatic hydroxyl groups excluding tert-OH is 1. The molecule has 0 saturated carbocycles.